The third-order valence-electron chi connectivity index (χ3n) is 8.38. The van der Waals surface area contributed by atoms with E-state index in [0.29, 0.717) is 54.7 Å². The SMILES string of the molecule is O=C(NCc1cccnc1)Nc1ccc(-n2cc(C(=O)N3CCC(N4CCC(F)(F)CC4)CC3)c3ccccc32)c(Cl)c1. The maximum absolute atomic E-state index is 13.8. The molecule has 3 amide bonds. The van der Waals surface area contributed by atoms with Crippen LogP contribution in [0.5, 0.6) is 0 Å². The summed E-state index contributed by atoms with van der Waals surface area (Å²) >= 11 is 6.72. The van der Waals surface area contributed by atoms with Gasteiger partial charge in [0.1, 0.15) is 0 Å². The maximum atomic E-state index is 13.8. The minimum Gasteiger partial charge on any atom is -0.338 e. The zero-order valence-electron chi connectivity index (χ0n) is 23.6. The first-order valence-corrected chi connectivity index (χ1v) is 14.9. The lowest BCUT2D eigenvalue weighted by molar-refractivity contribution is -0.0668. The number of urea groups is 1. The van der Waals surface area contributed by atoms with E-state index in [4.69, 9.17) is 11.6 Å². The summed E-state index contributed by atoms with van der Waals surface area (Å²) < 4.78 is 29.1. The van der Waals surface area contributed by atoms with Crippen LogP contribution >= 0.6 is 11.6 Å². The van der Waals surface area contributed by atoms with Gasteiger partial charge in [-0.25, -0.2) is 13.6 Å². The van der Waals surface area contributed by atoms with Gasteiger partial charge in [-0.1, -0.05) is 35.9 Å². The highest BCUT2D eigenvalue weighted by Gasteiger charge is 2.37. The first kappa shape index (κ1) is 29.1. The van der Waals surface area contributed by atoms with Crippen LogP contribution in [-0.4, -0.2) is 69.4 Å². The topological polar surface area (TPSA) is 82.5 Å². The second-order valence-electron chi connectivity index (χ2n) is 11.2. The van der Waals surface area contributed by atoms with Crippen LogP contribution in [0, 0.1) is 0 Å². The molecule has 2 aliphatic heterocycles. The van der Waals surface area contributed by atoms with E-state index in [1.807, 2.05) is 58.1 Å². The van der Waals surface area contributed by atoms with Crippen molar-refractivity contribution in [1.82, 2.24) is 24.7 Å². The molecule has 0 saturated carbocycles. The number of rotatable bonds is 6. The molecule has 0 atom stereocenters. The average Bonchev–Trinajstić information content (AvgIpc) is 3.40. The van der Waals surface area contributed by atoms with Crippen molar-refractivity contribution in [2.45, 2.75) is 44.2 Å². The number of hydrogen-bond acceptors (Lipinski definition) is 4. The number of fused-ring (bicyclic) bond motifs is 1. The lowest BCUT2D eigenvalue weighted by Crippen LogP contribution is -2.50. The van der Waals surface area contributed by atoms with Gasteiger partial charge in [0.05, 0.1) is 21.8 Å². The summed E-state index contributed by atoms with van der Waals surface area (Å²) in [6.07, 6.45) is 6.54. The molecule has 0 bridgehead atoms. The number of nitrogens with zero attached hydrogens (tertiary/aromatic N) is 4. The zero-order chi connectivity index (χ0) is 30.0. The van der Waals surface area contributed by atoms with Crippen LogP contribution in [0.25, 0.3) is 16.6 Å². The molecule has 224 valence electrons. The Hall–Kier alpha value is -4.02. The number of anilines is 1. The van der Waals surface area contributed by atoms with E-state index in [1.165, 1.54) is 0 Å². The van der Waals surface area contributed by atoms with Crippen molar-refractivity contribution in [3.63, 3.8) is 0 Å². The lowest BCUT2D eigenvalue weighted by Gasteiger charge is -2.41. The third-order valence-corrected chi connectivity index (χ3v) is 8.68. The Morgan fingerprint density at radius 1 is 1.00 bits per heavy atom. The first-order chi connectivity index (χ1) is 20.8. The van der Waals surface area contributed by atoms with Gasteiger partial charge in [-0.2, -0.15) is 0 Å². The van der Waals surface area contributed by atoms with E-state index < -0.39 is 5.92 Å². The van der Waals surface area contributed by atoms with Crippen LogP contribution in [0.2, 0.25) is 5.02 Å². The molecule has 2 fully saturated rings. The molecule has 8 nitrogen and oxygen atoms in total. The Morgan fingerprint density at radius 3 is 2.49 bits per heavy atom. The fraction of sp³-hybridized carbons (Fsp3) is 0.344. The van der Waals surface area contributed by atoms with Gasteiger partial charge in [-0.15, -0.1) is 0 Å². The van der Waals surface area contributed by atoms with Crippen LogP contribution in [0.3, 0.4) is 0 Å². The summed E-state index contributed by atoms with van der Waals surface area (Å²) in [6.45, 7) is 2.32. The number of likely N-dealkylation sites (tertiary alicyclic amines) is 2. The minimum atomic E-state index is -2.56. The van der Waals surface area contributed by atoms with Crippen molar-refractivity contribution in [2.24, 2.45) is 0 Å². The second kappa shape index (κ2) is 12.3. The second-order valence-corrected chi connectivity index (χ2v) is 11.6. The van der Waals surface area contributed by atoms with E-state index in [-0.39, 0.29) is 30.8 Å². The van der Waals surface area contributed by atoms with Crippen LogP contribution in [0.15, 0.2) is 73.2 Å². The number of pyridine rings is 1. The standard InChI is InChI=1S/C32H33ClF2N6O2/c33-27-18-23(38-31(43)37-20-22-4-3-13-36-19-22)7-8-29(27)41-21-26(25-5-1-2-6-28(25)41)30(42)40-14-9-24(10-15-40)39-16-11-32(34,35)12-17-39/h1-8,13,18-19,21,24H,9-12,14-17,20H2,(H2,37,38,43). The molecular weight excluding hydrogens is 574 g/mol. The Kier molecular flexibility index (Phi) is 8.32. The monoisotopic (exact) mass is 606 g/mol. The van der Waals surface area contributed by atoms with Crippen LogP contribution in [0.4, 0.5) is 19.3 Å². The molecule has 2 aromatic carbocycles. The highest BCUT2D eigenvalue weighted by atomic mass is 35.5. The van der Waals surface area contributed by atoms with Crippen LogP contribution in [0.1, 0.15) is 41.6 Å². The fourth-order valence-corrected chi connectivity index (χ4v) is 6.28. The normalized spacial score (nSPS) is 17.6. The summed E-state index contributed by atoms with van der Waals surface area (Å²) in [5, 5.41) is 6.83. The van der Waals surface area contributed by atoms with Crippen molar-refractivity contribution in [3.8, 4) is 5.69 Å². The van der Waals surface area contributed by atoms with Gasteiger partial charge in [0.15, 0.2) is 0 Å². The highest BCUT2D eigenvalue weighted by molar-refractivity contribution is 6.33. The molecule has 2 aliphatic rings. The van der Waals surface area contributed by atoms with Crippen molar-refractivity contribution in [1.29, 1.82) is 0 Å². The van der Waals surface area contributed by atoms with Crippen molar-refractivity contribution >= 4 is 40.1 Å². The zero-order valence-corrected chi connectivity index (χ0v) is 24.4. The van der Waals surface area contributed by atoms with Gasteiger partial charge < -0.3 is 20.1 Å². The van der Waals surface area contributed by atoms with Gasteiger partial charge in [-0.3, -0.25) is 14.7 Å². The molecule has 43 heavy (non-hydrogen) atoms. The quantitative estimate of drug-likeness (QED) is 0.268. The number of nitrogens with one attached hydrogen (secondary N) is 2. The maximum Gasteiger partial charge on any atom is 0.319 e. The summed E-state index contributed by atoms with van der Waals surface area (Å²) in [5.74, 6) is -2.62. The molecule has 0 aliphatic carbocycles. The van der Waals surface area contributed by atoms with Crippen molar-refractivity contribution in [3.05, 3.63) is 89.3 Å². The number of carbonyl (C=O) groups excluding carboxylic acids is 2. The molecule has 2 N–H and O–H groups in total. The molecule has 0 radical (unpaired) electrons. The number of halogens is 3. The third kappa shape index (κ3) is 6.50. The number of amides is 3. The Morgan fingerprint density at radius 2 is 1.77 bits per heavy atom. The van der Waals surface area contributed by atoms with E-state index in [0.717, 1.165) is 29.3 Å². The molecule has 0 unspecified atom stereocenters. The Bertz CT molecular complexity index is 1610. The fourth-order valence-electron chi connectivity index (χ4n) is 6.01. The van der Waals surface area contributed by atoms with Crippen LogP contribution in [-0.2, 0) is 6.54 Å². The van der Waals surface area contributed by atoms with Crippen molar-refractivity contribution < 1.29 is 18.4 Å². The van der Waals surface area contributed by atoms with Gasteiger partial charge >= 0.3 is 6.03 Å². The minimum absolute atomic E-state index is 0.0572. The molecule has 6 rings (SSSR count). The first-order valence-electron chi connectivity index (χ1n) is 14.5. The predicted molar refractivity (Wildman–Crippen MR) is 163 cm³/mol. The summed E-state index contributed by atoms with van der Waals surface area (Å²) in [7, 11) is 0. The van der Waals surface area contributed by atoms with Gasteiger partial charge in [0.2, 0.25) is 0 Å². The Labute approximate surface area is 253 Å². The van der Waals surface area contributed by atoms with Gasteiger partial charge in [-0.05, 0) is 48.7 Å². The smallest absolute Gasteiger partial charge is 0.319 e. The predicted octanol–water partition coefficient (Wildman–Crippen LogP) is 6.34. The summed E-state index contributed by atoms with van der Waals surface area (Å²) in [6, 6.07) is 16.5. The van der Waals surface area contributed by atoms with E-state index in [1.54, 1.807) is 24.5 Å². The molecular formula is C32H33ClF2N6O2. The van der Waals surface area contributed by atoms with E-state index >= 15 is 0 Å². The van der Waals surface area contributed by atoms with Crippen molar-refractivity contribution in [2.75, 3.05) is 31.5 Å². The molecule has 0 spiro atoms. The van der Waals surface area contributed by atoms with Gasteiger partial charge in [0.25, 0.3) is 11.8 Å². The average molecular weight is 607 g/mol. The number of carbonyl (C=O) groups is 2. The number of hydrogen-bond donors (Lipinski definition) is 2. The van der Waals surface area contributed by atoms with Crippen LogP contribution < -0.4 is 10.6 Å². The number of piperidine rings is 2. The molecule has 4 heterocycles. The number of para-hydroxylation sites is 1. The number of alkyl halides is 2. The lowest BCUT2D eigenvalue weighted by atomic mass is 9.98. The Balaban J connectivity index is 1.14. The molecule has 4 aromatic rings. The molecule has 11 heteroatoms. The molecule has 2 aromatic heterocycles. The van der Waals surface area contributed by atoms with Gasteiger partial charge in [0, 0.05) is 81.3 Å². The summed E-state index contributed by atoms with van der Waals surface area (Å²) in [4.78, 5) is 34.3. The number of aromatic nitrogens is 2. The number of benzene rings is 2. The highest BCUT2D eigenvalue weighted by Crippen LogP contribution is 2.33. The summed E-state index contributed by atoms with van der Waals surface area (Å²) in [5.41, 5.74) is 3.52. The van der Waals surface area contributed by atoms with E-state index in [9.17, 15) is 18.4 Å². The van der Waals surface area contributed by atoms with E-state index in [2.05, 4.69) is 20.5 Å². The largest absolute Gasteiger partial charge is 0.338 e. The molecule has 2 saturated heterocycles.